The van der Waals surface area contributed by atoms with E-state index in [-0.39, 0.29) is 39.8 Å². The molecule has 41 heavy (non-hydrogen) atoms. The number of hydrogen-bond donors (Lipinski definition) is 0. The van der Waals surface area contributed by atoms with Gasteiger partial charge in [-0.3, -0.25) is 9.36 Å². The predicted octanol–water partition coefficient (Wildman–Crippen LogP) is 1.49. The molecule has 0 saturated carbocycles. The van der Waals surface area contributed by atoms with Gasteiger partial charge < -0.3 is 14.4 Å². The summed E-state index contributed by atoms with van der Waals surface area (Å²) in [6.07, 6.45) is 3.47. The number of aromatic nitrogens is 6. The van der Waals surface area contributed by atoms with Gasteiger partial charge in [0, 0.05) is 46.5 Å². The van der Waals surface area contributed by atoms with Gasteiger partial charge in [0.2, 0.25) is 15.9 Å². The molecule has 4 aromatic rings. The van der Waals surface area contributed by atoms with Crippen molar-refractivity contribution in [2.75, 3.05) is 53.0 Å². The van der Waals surface area contributed by atoms with Gasteiger partial charge in [0.05, 0.1) is 24.1 Å². The highest BCUT2D eigenvalue weighted by molar-refractivity contribution is 7.89. The monoisotopic (exact) mass is 582 g/mol. The Labute approximate surface area is 238 Å². The topological polar surface area (TPSA) is 138 Å². The summed E-state index contributed by atoms with van der Waals surface area (Å²) in [6.45, 7) is 7.41. The maximum absolute atomic E-state index is 13.7. The molecule has 4 aromatic heterocycles. The van der Waals surface area contributed by atoms with Crippen LogP contribution in [0.3, 0.4) is 0 Å². The number of fused-ring (bicyclic) bond motifs is 1. The number of pyridine rings is 2. The molecule has 0 amide bonds. The standard InChI is InChI=1S/C27H34N8O5S/c1-5-21-23-24(31-35(21)22-9-7-8-10-28-22)27(36)32(3)25(30-23)20-17-19(18-29-26(20)40-16-15-39-4)41(37,38)34-13-11-33(6-2)12-14-34/h7-10,17-18H,5-6,11-16H2,1-4H3. The van der Waals surface area contributed by atoms with E-state index >= 15 is 0 Å². The Kier molecular flexibility index (Phi) is 8.45. The van der Waals surface area contributed by atoms with Crippen molar-refractivity contribution in [1.29, 1.82) is 0 Å². The summed E-state index contributed by atoms with van der Waals surface area (Å²) in [5.41, 5.74) is 1.18. The molecule has 5 heterocycles. The summed E-state index contributed by atoms with van der Waals surface area (Å²) in [7, 11) is -0.731. The van der Waals surface area contributed by atoms with E-state index in [0.29, 0.717) is 56.2 Å². The molecule has 0 aromatic carbocycles. The lowest BCUT2D eigenvalue weighted by atomic mass is 10.2. The van der Waals surface area contributed by atoms with Crippen molar-refractivity contribution >= 4 is 21.1 Å². The first-order valence-electron chi connectivity index (χ1n) is 13.5. The highest BCUT2D eigenvalue weighted by Gasteiger charge is 2.30. The minimum atomic E-state index is -3.85. The van der Waals surface area contributed by atoms with Crippen LogP contribution in [-0.4, -0.2) is 100.0 Å². The molecule has 1 fully saturated rings. The SMILES string of the molecule is CCc1c2nc(-c3cc(S(=O)(=O)N4CCN(CC)CC4)cnc3OCCOC)n(C)c(=O)c2nn1-c1ccccn1. The van der Waals surface area contributed by atoms with Crippen molar-refractivity contribution in [2.24, 2.45) is 7.05 Å². The lowest BCUT2D eigenvalue weighted by Gasteiger charge is -2.33. The second-order valence-electron chi connectivity index (χ2n) is 9.60. The third-order valence-electron chi connectivity index (χ3n) is 7.21. The molecule has 14 heteroatoms. The smallest absolute Gasteiger partial charge is 0.281 e. The molecule has 5 rings (SSSR count). The zero-order valence-corrected chi connectivity index (χ0v) is 24.5. The van der Waals surface area contributed by atoms with Gasteiger partial charge in [-0.2, -0.15) is 9.40 Å². The summed E-state index contributed by atoms with van der Waals surface area (Å²) in [6, 6.07) is 6.93. The van der Waals surface area contributed by atoms with Gasteiger partial charge in [-0.15, -0.1) is 0 Å². The van der Waals surface area contributed by atoms with E-state index in [4.69, 9.17) is 14.5 Å². The molecule has 1 aliphatic rings. The van der Waals surface area contributed by atoms with Crippen LogP contribution in [0.5, 0.6) is 5.88 Å². The number of hydrogen-bond acceptors (Lipinski definition) is 10. The number of methoxy groups -OCH3 is 1. The average molecular weight is 583 g/mol. The molecule has 1 aliphatic heterocycles. The molecule has 0 radical (unpaired) electrons. The van der Waals surface area contributed by atoms with Crippen LogP contribution in [0.2, 0.25) is 0 Å². The van der Waals surface area contributed by atoms with E-state index in [1.807, 2.05) is 13.0 Å². The largest absolute Gasteiger partial charge is 0.475 e. The first kappa shape index (κ1) is 28.8. The Morgan fingerprint density at radius 2 is 1.80 bits per heavy atom. The highest BCUT2D eigenvalue weighted by Crippen LogP contribution is 2.31. The van der Waals surface area contributed by atoms with Crippen molar-refractivity contribution in [3.63, 3.8) is 0 Å². The van der Waals surface area contributed by atoms with E-state index in [9.17, 15) is 13.2 Å². The van der Waals surface area contributed by atoms with E-state index in [1.165, 1.54) is 21.1 Å². The molecular weight excluding hydrogens is 548 g/mol. The quantitative estimate of drug-likeness (QED) is 0.253. The molecule has 0 spiro atoms. The van der Waals surface area contributed by atoms with Crippen molar-refractivity contribution < 1.29 is 17.9 Å². The van der Waals surface area contributed by atoms with E-state index in [2.05, 4.69) is 26.9 Å². The molecule has 1 saturated heterocycles. The van der Waals surface area contributed by atoms with E-state index in [0.717, 1.165) is 6.54 Å². The van der Waals surface area contributed by atoms with Crippen LogP contribution in [0.25, 0.3) is 28.2 Å². The average Bonchev–Trinajstić information content (AvgIpc) is 3.38. The number of ether oxygens (including phenoxy) is 2. The molecule has 13 nitrogen and oxygen atoms in total. The summed E-state index contributed by atoms with van der Waals surface area (Å²) in [4.78, 5) is 29.4. The first-order chi connectivity index (χ1) is 19.8. The first-order valence-corrected chi connectivity index (χ1v) is 15.0. The lowest BCUT2D eigenvalue weighted by Crippen LogP contribution is -2.48. The molecule has 218 valence electrons. The van der Waals surface area contributed by atoms with Gasteiger partial charge in [-0.05, 0) is 31.2 Å². The van der Waals surface area contributed by atoms with E-state index < -0.39 is 10.0 Å². The zero-order valence-electron chi connectivity index (χ0n) is 23.6. The molecule has 0 N–H and O–H groups in total. The molecular formula is C27H34N8O5S. The van der Waals surface area contributed by atoms with Crippen LogP contribution in [0, 0.1) is 0 Å². The Balaban J connectivity index is 1.66. The molecule has 0 aliphatic carbocycles. The second-order valence-corrected chi connectivity index (χ2v) is 11.5. The van der Waals surface area contributed by atoms with Crippen LogP contribution >= 0.6 is 0 Å². The van der Waals surface area contributed by atoms with Gasteiger partial charge in [0.25, 0.3) is 5.56 Å². The number of likely N-dealkylation sites (N-methyl/N-ethyl adjacent to an activating group) is 1. The predicted molar refractivity (Wildman–Crippen MR) is 153 cm³/mol. The molecule has 0 bridgehead atoms. The second kappa shape index (κ2) is 12.0. The lowest BCUT2D eigenvalue weighted by molar-refractivity contribution is 0.144. The number of nitrogens with zero attached hydrogens (tertiary/aromatic N) is 8. The number of rotatable bonds is 10. The van der Waals surface area contributed by atoms with Gasteiger partial charge in [-0.25, -0.2) is 28.1 Å². The van der Waals surface area contributed by atoms with Crippen LogP contribution in [-0.2, 0) is 28.2 Å². The van der Waals surface area contributed by atoms with Gasteiger partial charge >= 0.3 is 0 Å². The highest BCUT2D eigenvalue weighted by atomic mass is 32.2. The van der Waals surface area contributed by atoms with Crippen LogP contribution in [0.4, 0.5) is 0 Å². The number of piperazine rings is 1. The van der Waals surface area contributed by atoms with Crippen molar-refractivity contribution in [2.45, 2.75) is 25.2 Å². The van der Waals surface area contributed by atoms with Crippen molar-refractivity contribution in [3.8, 4) is 23.1 Å². The van der Waals surface area contributed by atoms with Crippen molar-refractivity contribution in [1.82, 2.24) is 38.5 Å². The Morgan fingerprint density at radius 1 is 1.02 bits per heavy atom. The fraction of sp³-hybridized carbons (Fsp3) is 0.444. The van der Waals surface area contributed by atoms with Crippen molar-refractivity contribution in [3.05, 3.63) is 52.7 Å². The minimum absolute atomic E-state index is 0.00535. The van der Waals surface area contributed by atoms with Gasteiger partial charge in [0.1, 0.15) is 22.8 Å². The summed E-state index contributed by atoms with van der Waals surface area (Å²) in [5.74, 6) is 0.923. The van der Waals surface area contributed by atoms with E-state index in [1.54, 1.807) is 37.2 Å². The molecule has 0 atom stereocenters. The normalized spacial score (nSPS) is 15.0. The zero-order chi connectivity index (χ0) is 29.1. The third-order valence-corrected chi connectivity index (χ3v) is 9.07. The molecule has 0 unspecified atom stereocenters. The van der Waals surface area contributed by atoms with Gasteiger partial charge in [0.15, 0.2) is 11.3 Å². The van der Waals surface area contributed by atoms with Crippen LogP contribution in [0.15, 0.2) is 46.3 Å². The fourth-order valence-electron chi connectivity index (χ4n) is 4.88. The Bertz CT molecular complexity index is 1700. The van der Waals surface area contributed by atoms with Crippen LogP contribution < -0.4 is 10.3 Å². The fourth-order valence-corrected chi connectivity index (χ4v) is 6.27. The maximum atomic E-state index is 13.7. The summed E-state index contributed by atoms with van der Waals surface area (Å²) < 4.78 is 42.7. The minimum Gasteiger partial charge on any atom is -0.475 e. The number of aryl methyl sites for hydroxylation is 1. The summed E-state index contributed by atoms with van der Waals surface area (Å²) in [5, 5.41) is 4.55. The maximum Gasteiger partial charge on any atom is 0.281 e. The van der Waals surface area contributed by atoms with Gasteiger partial charge in [-0.1, -0.05) is 19.9 Å². The summed E-state index contributed by atoms with van der Waals surface area (Å²) >= 11 is 0. The number of sulfonamides is 1. The van der Waals surface area contributed by atoms with Crippen LogP contribution in [0.1, 0.15) is 19.5 Å². The Morgan fingerprint density at radius 3 is 2.46 bits per heavy atom. The third kappa shape index (κ3) is 5.47. The Hall–Kier alpha value is -3.72.